The van der Waals surface area contributed by atoms with Gasteiger partial charge in [-0.05, 0) is 33.6 Å². The summed E-state index contributed by atoms with van der Waals surface area (Å²) in [5, 5.41) is 0. The highest BCUT2D eigenvalue weighted by molar-refractivity contribution is 5.81. The van der Waals surface area contributed by atoms with Gasteiger partial charge in [0.15, 0.2) is 0 Å². The molecule has 5 heteroatoms. The van der Waals surface area contributed by atoms with Crippen molar-refractivity contribution >= 4 is 5.91 Å². The molecule has 2 aliphatic rings. The maximum atomic E-state index is 11.8. The zero-order valence-electron chi connectivity index (χ0n) is 13.2. The predicted molar refractivity (Wildman–Crippen MR) is 81.5 cm³/mol. The Bertz CT molecular complexity index is 316. The van der Waals surface area contributed by atoms with Gasteiger partial charge in [-0.15, -0.1) is 0 Å². The number of rotatable bonds is 4. The van der Waals surface area contributed by atoms with Crippen LogP contribution in [0.2, 0.25) is 0 Å². The van der Waals surface area contributed by atoms with Crippen LogP contribution in [0.25, 0.3) is 0 Å². The standard InChI is InChI=1S/C15H30N4O/c1-12-4-5-13(2)19(12)11-8-17-6-9-18(10-7-17)15(20)14(3)16/h12-14H,4-11,16H2,1-3H3/t12-,13+,14-/m0/s1. The molecule has 1 amide bonds. The lowest BCUT2D eigenvalue weighted by Gasteiger charge is -2.37. The van der Waals surface area contributed by atoms with E-state index in [1.54, 1.807) is 6.92 Å². The van der Waals surface area contributed by atoms with Crippen LogP contribution < -0.4 is 5.73 Å². The molecule has 0 aromatic heterocycles. The molecule has 2 N–H and O–H groups in total. The molecular formula is C15H30N4O. The van der Waals surface area contributed by atoms with Crippen molar-refractivity contribution in [3.05, 3.63) is 0 Å². The third-order valence-corrected chi connectivity index (χ3v) is 4.88. The Morgan fingerprint density at radius 3 is 2.15 bits per heavy atom. The molecule has 0 aliphatic carbocycles. The average molecular weight is 282 g/mol. The first-order chi connectivity index (χ1) is 9.49. The quantitative estimate of drug-likeness (QED) is 0.808. The second kappa shape index (κ2) is 6.87. The van der Waals surface area contributed by atoms with E-state index in [4.69, 9.17) is 5.73 Å². The predicted octanol–water partition coefficient (Wildman–Crippen LogP) is 0.351. The summed E-state index contributed by atoms with van der Waals surface area (Å²) in [6, 6.07) is 1.09. The van der Waals surface area contributed by atoms with Gasteiger partial charge >= 0.3 is 0 Å². The number of hydrogen-bond acceptors (Lipinski definition) is 4. The SMILES string of the molecule is C[C@H](N)C(=O)N1CCN(CCN2[C@H](C)CC[C@@H]2C)CC1. The smallest absolute Gasteiger partial charge is 0.239 e. The van der Waals surface area contributed by atoms with E-state index in [-0.39, 0.29) is 11.9 Å². The van der Waals surface area contributed by atoms with Gasteiger partial charge in [-0.25, -0.2) is 0 Å². The van der Waals surface area contributed by atoms with E-state index in [0.29, 0.717) is 0 Å². The van der Waals surface area contributed by atoms with Crippen LogP contribution in [0.3, 0.4) is 0 Å². The number of amides is 1. The average Bonchev–Trinajstić information content (AvgIpc) is 2.75. The maximum Gasteiger partial charge on any atom is 0.239 e. The normalized spacial score (nSPS) is 30.7. The second-order valence-corrected chi connectivity index (χ2v) is 6.47. The molecule has 2 fully saturated rings. The molecule has 0 unspecified atom stereocenters. The number of piperazine rings is 1. The van der Waals surface area contributed by atoms with Crippen LogP contribution >= 0.6 is 0 Å². The Morgan fingerprint density at radius 2 is 1.65 bits per heavy atom. The molecule has 0 aromatic rings. The fourth-order valence-corrected chi connectivity index (χ4v) is 3.43. The van der Waals surface area contributed by atoms with Crippen molar-refractivity contribution in [3.8, 4) is 0 Å². The Hall–Kier alpha value is -0.650. The van der Waals surface area contributed by atoms with E-state index >= 15 is 0 Å². The first kappa shape index (κ1) is 15.7. The summed E-state index contributed by atoms with van der Waals surface area (Å²) >= 11 is 0. The van der Waals surface area contributed by atoms with Crippen molar-refractivity contribution in [3.63, 3.8) is 0 Å². The highest BCUT2D eigenvalue weighted by Gasteiger charge is 2.28. The first-order valence-corrected chi connectivity index (χ1v) is 8.01. The Kier molecular flexibility index (Phi) is 5.41. The lowest BCUT2D eigenvalue weighted by Crippen LogP contribution is -2.53. The monoisotopic (exact) mass is 282 g/mol. The summed E-state index contributed by atoms with van der Waals surface area (Å²) in [6.45, 7) is 12.3. The molecule has 0 spiro atoms. The zero-order valence-corrected chi connectivity index (χ0v) is 13.2. The van der Waals surface area contributed by atoms with Gasteiger partial charge in [0.2, 0.25) is 5.91 Å². The summed E-state index contributed by atoms with van der Waals surface area (Å²) < 4.78 is 0. The number of likely N-dealkylation sites (tertiary alicyclic amines) is 1. The molecule has 2 saturated heterocycles. The number of carbonyl (C=O) groups excluding carboxylic acids is 1. The molecule has 116 valence electrons. The zero-order chi connectivity index (χ0) is 14.7. The van der Waals surface area contributed by atoms with Gasteiger partial charge in [0.25, 0.3) is 0 Å². The molecule has 0 saturated carbocycles. The van der Waals surface area contributed by atoms with Gasteiger partial charge in [0.05, 0.1) is 6.04 Å². The minimum Gasteiger partial charge on any atom is -0.339 e. The minimum absolute atomic E-state index is 0.0893. The number of carbonyl (C=O) groups is 1. The van der Waals surface area contributed by atoms with E-state index in [1.165, 1.54) is 12.8 Å². The van der Waals surface area contributed by atoms with Crippen molar-refractivity contribution in [2.24, 2.45) is 5.73 Å². The van der Waals surface area contributed by atoms with Crippen LogP contribution in [0.5, 0.6) is 0 Å². The van der Waals surface area contributed by atoms with Crippen molar-refractivity contribution in [1.82, 2.24) is 14.7 Å². The fourth-order valence-electron chi connectivity index (χ4n) is 3.43. The van der Waals surface area contributed by atoms with Crippen molar-refractivity contribution < 1.29 is 4.79 Å². The third kappa shape index (κ3) is 3.71. The summed E-state index contributed by atoms with van der Waals surface area (Å²) in [7, 11) is 0. The summed E-state index contributed by atoms with van der Waals surface area (Å²) in [5.41, 5.74) is 5.66. The van der Waals surface area contributed by atoms with Gasteiger partial charge in [0, 0.05) is 51.4 Å². The van der Waals surface area contributed by atoms with Crippen LogP contribution in [-0.2, 0) is 4.79 Å². The summed E-state index contributed by atoms with van der Waals surface area (Å²) in [4.78, 5) is 18.8. The molecule has 2 aliphatic heterocycles. The summed E-state index contributed by atoms with van der Waals surface area (Å²) in [5.74, 6) is 0.0893. The van der Waals surface area contributed by atoms with E-state index in [9.17, 15) is 4.79 Å². The van der Waals surface area contributed by atoms with E-state index < -0.39 is 0 Å². The van der Waals surface area contributed by atoms with E-state index in [0.717, 1.165) is 51.4 Å². The van der Waals surface area contributed by atoms with E-state index in [2.05, 4.69) is 23.6 Å². The summed E-state index contributed by atoms with van der Waals surface area (Å²) in [6.07, 6.45) is 2.66. The Balaban J connectivity index is 1.71. The van der Waals surface area contributed by atoms with Gasteiger partial charge in [-0.3, -0.25) is 14.6 Å². The molecule has 0 aromatic carbocycles. The second-order valence-electron chi connectivity index (χ2n) is 6.47. The molecule has 0 bridgehead atoms. The van der Waals surface area contributed by atoms with Crippen molar-refractivity contribution in [1.29, 1.82) is 0 Å². The van der Waals surface area contributed by atoms with Crippen LogP contribution in [-0.4, -0.2) is 78.0 Å². The Morgan fingerprint density at radius 1 is 1.10 bits per heavy atom. The number of nitrogens with two attached hydrogens (primary N) is 1. The highest BCUT2D eigenvalue weighted by atomic mass is 16.2. The highest BCUT2D eigenvalue weighted by Crippen LogP contribution is 2.22. The van der Waals surface area contributed by atoms with Gasteiger partial charge < -0.3 is 10.6 Å². The van der Waals surface area contributed by atoms with Crippen molar-refractivity contribution in [2.75, 3.05) is 39.3 Å². The lowest BCUT2D eigenvalue weighted by molar-refractivity contribution is -0.133. The van der Waals surface area contributed by atoms with Crippen LogP contribution in [0.4, 0.5) is 0 Å². The van der Waals surface area contributed by atoms with Gasteiger partial charge in [0.1, 0.15) is 0 Å². The van der Waals surface area contributed by atoms with Crippen LogP contribution in [0.15, 0.2) is 0 Å². The van der Waals surface area contributed by atoms with E-state index in [1.807, 2.05) is 4.90 Å². The fraction of sp³-hybridized carbons (Fsp3) is 0.933. The minimum atomic E-state index is -0.368. The molecule has 3 atom stereocenters. The topological polar surface area (TPSA) is 52.8 Å². The largest absolute Gasteiger partial charge is 0.339 e. The van der Waals surface area contributed by atoms with Gasteiger partial charge in [-0.2, -0.15) is 0 Å². The molecule has 20 heavy (non-hydrogen) atoms. The molecule has 2 rings (SSSR count). The molecule has 2 heterocycles. The van der Waals surface area contributed by atoms with Crippen molar-refractivity contribution in [2.45, 2.75) is 51.7 Å². The molecular weight excluding hydrogens is 252 g/mol. The van der Waals surface area contributed by atoms with Gasteiger partial charge in [-0.1, -0.05) is 0 Å². The Labute approximate surface area is 123 Å². The lowest BCUT2D eigenvalue weighted by atomic mass is 10.2. The van der Waals surface area contributed by atoms with Crippen LogP contribution in [0, 0.1) is 0 Å². The van der Waals surface area contributed by atoms with Crippen LogP contribution in [0.1, 0.15) is 33.6 Å². The maximum absolute atomic E-state index is 11.8. The first-order valence-electron chi connectivity index (χ1n) is 8.01. The number of hydrogen-bond donors (Lipinski definition) is 1. The third-order valence-electron chi connectivity index (χ3n) is 4.88. The molecule has 5 nitrogen and oxygen atoms in total. The molecule has 0 radical (unpaired) electrons. The number of nitrogens with zero attached hydrogens (tertiary/aromatic N) is 3.